The van der Waals surface area contributed by atoms with E-state index in [9.17, 15) is 23.1 Å². The molecule has 0 atom stereocenters. The molecule has 0 saturated heterocycles. The molecule has 0 aliphatic carbocycles. The summed E-state index contributed by atoms with van der Waals surface area (Å²) >= 11 is 1.34. The van der Waals surface area contributed by atoms with E-state index < -0.39 is 21.6 Å². The van der Waals surface area contributed by atoms with Gasteiger partial charge in [-0.25, -0.2) is 13.2 Å². The highest BCUT2D eigenvalue weighted by atomic mass is 32.2. The summed E-state index contributed by atoms with van der Waals surface area (Å²) in [6.45, 7) is 0. The van der Waals surface area contributed by atoms with Gasteiger partial charge in [0.2, 0.25) is 5.91 Å². The van der Waals surface area contributed by atoms with Crippen LogP contribution in [0.5, 0.6) is 0 Å². The van der Waals surface area contributed by atoms with E-state index in [-0.39, 0.29) is 28.4 Å². The van der Waals surface area contributed by atoms with Gasteiger partial charge in [0.15, 0.2) is 9.84 Å². The lowest BCUT2D eigenvalue weighted by Crippen LogP contribution is -2.12. The van der Waals surface area contributed by atoms with Crippen molar-refractivity contribution in [3.05, 3.63) is 90.0 Å². The summed E-state index contributed by atoms with van der Waals surface area (Å²) in [7, 11) is -3.66. The summed E-state index contributed by atoms with van der Waals surface area (Å²) in [6, 6.07) is 21.7. The van der Waals surface area contributed by atoms with Crippen LogP contribution in [0.1, 0.15) is 22.3 Å². The zero-order chi connectivity index (χ0) is 22.3. The van der Waals surface area contributed by atoms with Crippen LogP contribution in [0.25, 0.3) is 0 Å². The molecule has 0 bridgehead atoms. The van der Waals surface area contributed by atoms with E-state index in [0.717, 1.165) is 5.69 Å². The Bertz CT molecular complexity index is 1160. The Hall–Kier alpha value is -3.10. The van der Waals surface area contributed by atoms with Gasteiger partial charge in [-0.05, 0) is 42.0 Å². The van der Waals surface area contributed by atoms with Crippen LogP contribution in [-0.4, -0.2) is 31.2 Å². The van der Waals surface area contributed by atoms with E-state index in [4.69, 9.17) is 0 Å². The van der Waals surface area contributed by atoms with E-state index in [1.165, 1.54) is 36.0 Å². The second kappa shape index (κ2) is 10.3. The zero-order valence-electron chi connectivity index (χ0n) is 16.5. The van der Waals surface area contributed by atoms with Crippen LogP contribution in [0, 0.1) is 0 Å². The number of carbonyl (C=O) groups is 2. The highest BCUT2D eigenvalue weighted by Crippen LogP contribution is 2.25. The summed E-state index contributed by atoms with van der Waals surface area (Å²) in [5, 5.41) is 12.4. The van der Waals surface area contributed by atoms with Gasteiger partial charge >= 0.3 is 5.97 Å². The van der Waals surface area contributed by atoms with Gasteiger partial charge in [-0.2, -0.15) is 0 Å². The first-order valence-corrected chi connectivity index (χ1v) is 12.1. The third-order valence-corrected chi connectivity index (χ3v) is 7.09. The zero-order valence-corrected chi connectivity index (χ0v) is 18.2. The molecule has 31 heavy (non-hydrogen) atoms. The Labute approximate surface area is 185 Å². The molecule has 2 N–H and O–H groups in total. The fourth-order valence-corrected chi connectivity index (χ4v) is 5.18. The number of thioether (sulfide) groups is 1. The lowest BCUT2D eigenvalue weighted by Gasteiger charge is -2.10. The Morgan fingerprint density at radius 2 is 1.55 bits per heavy atom. The monoisotopic (exact) mass is 455 g/mol. The van der Waals surface area contributed by atoms with E-state index in [2.05, 4.69) is 5.32 Å². The lowest BCUT2D eigenvalue weighted by molar-refractivity contribution is -0.115. The maximum Gasteiger partial charge on any atom is 0.336 e. The molecule has 0 radical (unpaired) electrons. The first-order valence-electron chi connectivity index (χ1n) is 9.47. The quantitative estimate of drug-likeness (QED) is 0.462. The third-order valence-electron chi connectivity index (χ3n) is 4.41. The topological polar surface area (TPSA) is 101 Å². The predicted octanol–water partition coefficient (Wildman–Crippen LogP) is 4.48. The Morgan fingerprint density at radius 1 is 0.903 bits per heavy atom. The molecule has 0 aliphatic rings. The summed E-state index contributed by atoms with van der Waals surface area (Å²) in [4.78, 5) is 24.6. The van der Waals surface area contributed by atoms with E-state index in [1.54, 1.807) is 36.4 Å². The maximum absolute atomic E-state index is 12.6. The van der Waals surface area contributed by atoms with Crippen LogP contribution in [0.2, 0.25) is 0 Å². The standard InChI is InChI=1S/C23H21NO5S2/c25-22(24-18-7-3-1-4-8-18)13-14-30-19-12-11-17(21(15-19)23(26)27)16-31(28,29)20-9-5-2-6-10-20/h1-12,15H,13-14,16H2,(H,24,25)(H,26,27). The van der Waals surface area contributed by atoms with Crippen LogP contribution in [-0.2, 0) is 20.4 Å². The summed E-state index contributed by atoms with van der Waals surface area (Å²) in [6.07, 6.45) is 0.256. The van der Waals surface area contributed by atoms with Gasteiger partial charge in [-0.3, -0.25) is 4.79 Å². The fourth-order valence-electron chi connectivity index (χ4n) is 2.89. The smallest absolute Gasteiger partial charge is 0.336 e. The normalized spacial score (nSPS) is 11.1. The van der Waals surface area contributed by atoms with Gasteiger partial charge in [0.1, 0.15) is 0 Å². The number of carboxylic acids is 1. The second-order valence-electron chi connectivity index (χ2n) is 6.71. The number of sulfone groups is 1. The molecule has 0 spiro atoms. The number of anilines is 1. The molecule has 160 valence electrons. The highest BCUT2D eigenvalue weighted by molar-refractivity contribution is 7.99. The van der Waals surface area contributed by atoms with Crippen molar-refractivity contribution in [2.24, 2.45) is 0 Å². The number of amides is 1. The second-order valence-corrected chi connectivity index (χ2v) is 9.87. The fraction of sp³-hybridized carbons (Fsp3) is 0.130. The molecule has 0 unspecified atom stereocenters. The molecule has 8 heteroatoms. The molecule has 0 aliphatic heterocycles. The van der Waals surface area contributed by atoms with Crippen molar-refractivity contribution in [2.75, 3.05) is 11.1 Å². The molecule has 0 heterocycles. The first-order chi connectivity index (χ1) is 14.8. The van der Waals surface area contributed by atoms with Crippen molar-refractivity contribution in [2.45, 2.75) is 22.0 Å². The van der Waals surface area contributed by atoms with Crippen molar-refractivity contribution in [3.63, 3.8) is 0 Å². The summed E-state index contributed by atoms with van der Waals surface area (Å²) < 4.78 is 25.2. The Balaban J connectivity index is 1.65. The molecule has 3 aromatic carbocycles. The van der Waals surface area contributed by atoms with Gasteiger partial charge in [0.25, 0.3) is 0 Å². The number of aromatic carboxylic acids is 1. The molecule has 1 amide bonds. The van der Waals surface area contributed by atoms with Gasteiger partial charge in [-0.15, -0.1) is 11.8 Å². The lowest BCUT2D eigenvalue weighted by atomic mass is 10.1. The first kappa shape index (κ1) is 22.6. The Kier molecular flexibility index (Phi) is 7.49. The average molecular weight is 456 g/mol. The molecular weight excluding hydrogens is 434 g/mol. The molecule has 3 rings (SSSR count). The number of carbonyl (C=O) groups excluding carboxylic acids is 1. The number of rotatable bonds is 9. The number of nitrogens with one attached hydrogen (secondary N) is 1. The highest BCUT2D eigenvalue weighted by Gasteiger charge is 2.20. The number of hydrogen-bond donors (Lipinski definition) is 2. The van der Waals surface area contributed by atoms with Crippen molar-refractivity contribution in [1.29, 1.82) is 0 Å². The van der Waals surface area contributed by atoms with E-state index >= 15 is 0 Å². The predicted molar refractivity (Wildman–Crippen MR) is 121 cm³/mol. The van der Waals surface area contributed by atoms with Gasteiger partial charge in [-0.1, -0.05) is 42.5 Å². The SMILES string of the molecule is O=C(CCSc1ccc(CS(=O)(=O)c2ccccc2)c(C(=O)O)c1)Nc1ccccc1. The number of benzene rings is 3. The van der Waals surface area contributed by atoms with Gasteiger partial charge in [0.05, 0.1) is 16.2 Å². The number of carboxylic acid groups (broad SMARTS) is 1. The largest absolute Gasteiger partial charge is 0.478 e. The molecule has 0 aromatic heterocycles. The van der Waals surface area contributed by atoms with Crippen LogP contribution in [0.3, 0.4) is 0 Å². The van der Waals surface area contributed by atoms with Crippen molar-refractivity contribution in [3.8, 4) is 0 Å². The maximum atomic E-state index is 12.6. The molecule has 3 aromatic rings. The minimum Gasteiger partial charge on any atom is -0.478 e. The van der Waals surface area contributed by atoms with Gasteiger partial charge < -0.3 is 10.4 Å². The minimum atomic E-state index is -3.66. The molecule has 0 fully saturated rings. The number of hydrogen-bond acceptors (Lipinski definition) is 5. The van der Waals surface area contributed by atoms with Crippen LogP contribution in [0.4, 0.5) is 5.69 Å². The summed E-state index contributed by atoms with van der Waals surface area (Å²) in [5.74, 6) is -1.27. The average Bonchev–Trinajstić information content (AvgIpc) is 2.75. The van der Waals surface area contributed by atoms with E-state index in [0.29, 0.717) is 10.6 Å². The van der Waals surface area contributed by atoms with Crippen molar-refractivity contribution in [1.82, 2.24) is 0 Å². The number of para-hydroxylation sites is 1. The summed E-state index contributed by atoms with van der Waals surface area (Å²) in [5.41, 5.74) is 0.885. The van der Waals surface area contributed by atoms with Crippen LogP contribution < -0.4 is 5.32 Å². The third kappa shape index (κ3) is 6.44. The molecular formula is C23H21NO5S2. The molecule has 0 saturated carbocycles. The van der Waals surface area contributed by atoms with Crippen molar-refractivity contribution >= 4 is 39.2 Å². The molecule has 6 nitrogen and oxygen atoms in total. The van der Waals surface area contributed by atoms with Crippen LogP contribution in [0.15, 0.2) is 88.7 Å². The Morgan fingerprint density at radius 3 is 2.19 bits per heavy atom. The van der Waals surface area contributed by atoms with E-state index in [1.807, 2.05) is 18.2 Å². The van der Waals surface area contributed by atoms with Crippen molar-refractivity contribution < 1.29 is 23.1 Å². The van der Waals surface area contributed by atoms with Gasteiger partial charge in [0, 0.05) is 22.8 Å². The minimum absolute atomic E-state index is 0.0572. The van der Waals surface area contributed by atoms with Crippen LogP contribution >= 0.6 is 11.8 Å².